The van der Waals surface area contributed by atoms with E-state index in [-0.39, 0.29) is 11.8 Å². The van der Waals surface area contributed by atoms with Crippen LogP contribution in [-0.4, -0.2) is 11.8 Å². The molecule has 0 aromatic heterocycles. The van der Waals surface area contributed by atoms with E-state index in [1.54, 1.807) is 48.5 Å². The van der Waals surface area contributed by atoms with Gasteiger partial charge in [-0.2, -0.15) is 0 Å². The average molecular weight is 349 g/mol. The number of amides is 2. The van der Waals surface area contributed by atoms with E-state index in [9.17, 15) is 9.59 Å². The summed E-state index contributed by atoms with van der Waals surface area (Å²) < 4.78 is 0. The minimum Gasteiger partial charge on any atom is -0.326 e. The summed E-state index contributed by atoms with van der Waals surface area (Å²) in [6.45, 7) is 1.44. The van der Waals surface area contributed by atoms with Crippen molar-refractivity contribution < 1.29 is 9.59 Å². The highest BCUT2D eigenvalue weighted by Crippen LogP contribution is 2.25. The summed E-state index contributed by atoms with van der Waals surface area (Å²) in [5.41, 5.74) is 2.02. The van der Waals surface area contributed by atoms with Crippen molar-refractivity contribution in [3.8, 4) is 0 Å². The molecule has 0 aliphatic heterocycles. The molecule has 0 spiro atoms. The van der Waals surface area contributed by atoms with Crippen molar-refractivity contribution in [2.75, 3.05) is 10.6 Å². The third-order valence-electron chi connectivity index (χ3n) is 2.85. The topological polar surface area (TPSA) is 58.2 Å². The van der Waals surface area contributed by atoms with Crippen LogP contribution in [0.1, 0.15) is 12.5 Å². The first kappa shape index (κ1) is 17.1. The van der Waals surface area contributed by atoms with Crippen molar-refractivity contribution >= 4 is 52.5 Å². The van der Waals surface area contributed by atoms with Gasteiger partial charge < -0.3 is 10.6 Å². The molecule has 0 saturated carbocycles. The third-order valence-corrected chi connectivity index (χ3v) is 3.40. The molecule has 0 radical (unpaired) electrons. The molecular formula is C17H14Cl2N2O2. The Morgan fingerprint density at radius 1 is 1.00 bits per heavy atom. The zero-order valence-electron chi connectivity index (χ0n) is 12.3. The fraction of sp³-hybridized carbons (Fsp3) is 0.0588. The van der Waals surface area contributed by atoms with Gasteiger partial charge in [-0.15, -0.1) is 0 Å². The number of halogens is 2. The molecule has 0 unspecified atom stereocenters. The van der Waals surface area contributed by atoms with Gasteiger partial charge in [-0.05, 0) is 42.0 Å². The lowest BCUT2D eigenvalue weighted by Gasteiger charge is -2.05. The van der Waals surface area contributed by atoms with Crippen LogP contribution in [0, 0.1) is 0 Å². The Morgan fingerprint density at radius 3 is 2.30 bits per heavy atom. The third kappa shape index (κ3) is 5.43. The number of hydrogen-bond acceptors (Lipinski definition) is 2. The van der Waals surface area contributed by atoms with Crippen LogP contribution in [-0.2, 0) is 9.59 Å². The molecule has 0 aliphatic rings. The summed E-state index contributed by atoms with van der Waals surface area (Å²) in [5.74, 6) is -0.437. The molecule has 4 nitrogen and oxygen atoms in total. The van der Waals surface area contributed by atoms with E-state index in [4.69, 9.17) is 23.2 Å². The van der Waals surface area contributed by atoms with Crippen LogP contribution in [0.25, 0.3) is 6.08 Å². The van der Waals surface area contributed by atoms with Crippen molar-refractivity contribution in [3.05, 3.63) is 64.1 Å². The highest BCUT2D eigenvalue weighted by molar-refractivity contribution is 6.36. The molecule has 2 aromatic carbocycles. The first-order valence-electron chi connectivity index (χ1n) is 6.76. The molecule has 118 valence electrons. The van der Waals surface area contributed by atoms with Crippen LogP contribution in [0.3, 0.4) is 0 Å². The van der Waals surface area contributed by atoms with Gasteiger partial charge in [0, 0.05) is 23.7 Å². The Bertz CT molecular complexity index is 756. The normalized spacial score (nSPS) is 10.6. The number of hydrogen-bond donors (Lipinski definition) is 2. The SMILES string of the molecule is CC(=O)Nc1ccc(/C=C/C(=O)Nc2ccc(Cl)cc2Cl)cc1. The first-order chi connectivity index (χ1) is 10.9. The smallest absolute Gasteiger partial charge is 0.248 e. The lowest BCUT2D eigenvalue weighted by molar-refractivity contribution is -0.114. The van der Waals surface area contributed by atoms with Gasteiger partial charge in [-0.1, -0.05) is 35.3 Å². The Labute approximate surface area is 144 Å². The van der Waals surface area contributed by atoms with Gasteiger partial charge in [-0.25, -0.2) is 0 Å². The van der Waals surface area contributed by atoms with E-state index >= 15 is 0 Å². The highest BCUT2D eigenvalue weighted by atomic mass is 35.5. The minimum atomic E-state index is -0.305. The van der Waals surface area contributed by atoms with Gasteiger partial charge in [0.15, 0.2) is 0 Å². The maximum absolute atomic E-state index is 11.9. The predicted molar refractivity (Wildman–Crippen MR) is 94.9 cm³/mol. The highest BCUT2D eigenvalue weighted by Gasteiger charge is 2.03. The number of nitrogens with one attached hydrogen (secondary N) is 2. The predicted octanol–water partition coefficient (Wildman–Crippen LogP) is 4.60. The molecule has 23 heavy (non-hydrogen) atoms. The Kier molecular flexibility index (Phi) is 5.79. The quantitative estimate of drug-likeness (QED) is 0.793. The molecule has 0 bridgehead atoms. The maximum Gasteiger partial charge on any atom is 0.248 e. The van der Waals surface area contributed by atoms with Gasteiger partial charge in [0.1, 0.15) is 0 Å². The number of carbonyl (C=O) groups is 2. The molecule has 2 rings (SSSR count). The molecule has 6 heteroatoms. The van der Waals surface area contributed by atoms with E-state index in [1.807, 2.05) is 0 Å². The summed E-state index contributed by atoms with van der Waals surface area (Å²) in [6, 6.07) is 12.0. The number of rotatable bonds is 4. The summed E-state index contributed by atoms with van der Waals surface area (Å²) in [5, 5.41) is 6.22. The van der Waals surface area contributed by atoms with Gasteiger partial charge >= 0.3 is 0 Å². The fourth-order valence-corrected chi connectivity index (χ4v) is 2.27. The van der Waals surface area contributed by atoms with Gasteiger partial charge in [0.05, 0.1) is 10.7 Å². The van der Waals surface area contributed by atoms with E-state index in [2.05, 4.69) is 10.6 Å². The maximum atomic E-state index is 11.9. The lowest BCUT2D eigenvalue weighted by atomic mass is 10.2. The van der Waals surface area contributed by atoms with Crippen LogP contribution < -0.4 is 10.6 Å². The molecule has 0 fully saturated rings. The Balaban J connectivity index is 1.99. The summed E-state index contributed by atoms with van der Waals surface area (Å²) in [4.78, 5) is 22.8. The van der Waals surface area contributed by atoms with E-state index in [0.717, 1.165) is 5.56 Å². The van der Waals surface area contributed by atoms with Crippen LogP contribution >= 0.6 is 23.2 Å². The summed E-state index contributed by atoms with van der Waals surface area (Å²) >= 11 is 11.8. The van der Waals surface area contributed by atoms with Crippen molar-refractivity contribution in [2.24, 2.45) is 0 Å². The largest absolute Gasteiger partial charge is 0.326 e. The van der Waals surface area contributed by atoms with Crippen LogP contribution in [0.5, 0.6) is 0 Å². The summed E-state index contributed by atoms with van der Waals surface area (Å²) in [7, 11) is 0. The molecule has 0 atom stereocenters. The number of carbonyl (C=O) groups excluding carboxylic acids is 2. The van der Waals surface area contributed by atoms with E-state index < -0.39 is 0 Å². The molecule has 2 aromatic rings. The molecule has 2 N–H and O–H groups in total. The van der Waals surface area contributed by atoms with Crippen LogP contribution in [0.15, 0.2) is 48.5 Å². The minimum absolute atomic E-state index is 0.132. The van der Waals surface area contributed by atoms with Gasteiger partial charge in [0.25, 0.3) is 0 Å². The van der Waals surface area contributed by atoms with Gasteiger partial charge in [0.2, 0.25) is 11.8 Å². The second kappa shape index (κ2) is 7.81. The van der Waals surface area contributed by atoms with Crippen molar-refractivity contribution in [1.29, 1.82) is 0 Å². The second-order valence-corrected chi connectivity index (χ2v) is 5.59. The number of benzene rings is 2. The zero-order valence-corrected chi connectivity index (χ0v) is 13.8. The summed E-state index contributed by atoms with van der Waals surface area (Å²) in [6.07, 6.45) is 3.06. The zero-order chi connectivity index (χ0) is 16.8. The Hall–Kier alpha value is -2.30. The average Bonchev–Trinajstić information content (AvgIpc) is 2.49. The van der Waals surface area contributed by atoms with Crippen molar-refractivity contribution in [2.45, 2.75) is 6.92 Å². The van der Waals surface area contributed by atoms with Crippen molar-refractivity contribution in [1.82, 2.24) is 0 Å². The van der Waals surface area contributed by atoms with Crippen LogP contribution in [0.2, 0.25) is 10.0 Å². The lowest BCUT2D eigenvalue weighted by Crippen LogP contribution is -2.08. The molecule has 0 saturated heterocycles. The Morgan fingerprint density at radius 2 is 1.70 bits per heavy atom. The monoisotopic (exact) mass is 348 g/mol. The molecule has 0 aliphatic carbocycles. The molecule has 0 heterocycles. The van der Waals surface area contributed by atoms with E-state index in [1.165, 1.54) is 13.0 Å². The number of anilines is 2. The molecule has 2 amide bonds. The second-order valence-electron chi connectivity index (χ2n) is 4.75. The first-order valence-corrected chi connectivity index (χ1v) is 7.51. The van der Waals surface area contributed by atoms with Crippen molar-refractivity contribution in [3.63, 3.8) is 0 Å². The molecular weight excluding hydrogens is 335 g/mol. The van der Waals surface area contributed by atoms with Crippen LogP contribution in [0.4, 0.5) is 11.4 Å². The fourth-order valence-electron chi connectivity index (χ4n) is 1.82. The van der Waals surface area contributed by atoms with Gasteiger partial charge in [-0.3, -0.25) is 9.59 Å². The standard InChI is InChI=1S/C17H14Cl2N2O2/c1-11(22)20-14-6-2-12(3-7-14)4-9-17(23)21-16-8-5-13(18)10-15(16)19/h2-10H,1H3,(H,20,22)(H,21,23)/b9-4+. The van der Waals surface area contributed by atoms with E-state index in [0.29, 0.717) is 21.4 Å².